The van der Waals surface area contributed by atoms with E-state index >= 15 is 0 Å². The zero-order chi connectivity index (χ0) is 8.27. The van der Waals surface area contributed by atoms with Gasteiger partial charge in [-0.1, -0.05) is 0 Å². The smallest absolute Gasteiger partial charge is 0.242 e. The van der Waals surface area contributed by atoms with Gasteiger partial charge in [-0.15, -0.1) is 0 Å². The fourth-order valence-electron chi connectivity index (χ4n) is 1.06. The van der Waals surface area contributed by atoms with Crippen molar-refractivity contribution in [3.05, 3.63) is 6.92 Å². The maximum absolute atomic E-state index is 11.0. The minimum atomic E-state index is -0.329. The van der Waals surface area contributed by atoms with Crippen LogP contribution in [0.2, 0.25) is 0 Å². The highest BCUT2D eigenvalue weighted by Crippen LogP contribution is 2.05. The number of hydrogen-bond donors (Lipinski definition) is 2. The lowest BCUT2D eigenvalue weighted by Crippen LogP contribution is -2.41. The first-order chi connectivity index (χ1) is 5.24. The van der Waals surface area contributed by atoms with Crippen molar-refractivity contribution in [1.29, 1.82) is 0 Å². The predicted octanol–water partition coefficient (Wildman–Crippen LogP) is -0.785. The Kier molecular flexibility index (Phi) is 2.46. The highest BCUT2D eigenvalue weighted by atomic mass is 16.2. The SMILES string of the molecule is [CH2]CNC(=O)[C@@H]1CCC(=O)N1. The van der Waals surface area contributed by atoms with Gasteiger partial charge in [-0.25, -0.2) is 0 Å². The Balaban J connectivity index is 2.37. The molecular weight excluding hydrogens is 144 g/mol. The Labute approximate surface area is 65.3 Å². The van der Waals surface area contributed by atoms with Crippen LogP contribution in [-0.4, -0.2) is 24.4 Å². The zero-order valence-electron chi connectivity index (χ0n) is 6.22. The molecule has 0 saturated carbocycles. The summed E-state index contributed by atoms with van der Waals surface area (Å²) in [6, 6.07) is -0.329. The van der Waals surface area contributed by atoms with Crippen LogP contribution >= 0.6 is 0 Å². The first kappa shape index (κ1) is 8.04. The van der Waals surface area contributed by atoms with Gasteiger partial charge in [0.25, 0.3) is 0 Å². The molecule has 0 unspecified atom stereocenters. The van der Waals surface area contributed by atoms with Crippen molar-refractivity contribution in [3.8, 4) is 0 Å². The minimum Gasteiger partial charge on any atom is -0.354 e. The van der Waals surface area contributed by atoms with Crippen molar-refractivity contribution in [3.63, 3.8) is 0 Å². The standard InChI is InChI=1S/C7H11N2O2/c1-2-8-7(11)5-3-4-6(10)9-5/h5H,1-4H2,(H,8,11)(H,9,10)/t5-/m0/s1. The second-order valence-corrected chi connectivity index (χ2v) is 2.45. The van der Waals surface area contributed by atoms with Crippen LogP contribution in [0.3, 0.4) is 0 Å². The first-order valence-corrected chi connectivity index (χ1v) is 3.60. The van der Waals surface area contributed by atoms with Gasteiger partial charge in [-0.05, 0) is 13.3 Å². The van der Waals surface area contributed by atoms with E-state index in [0.717, 1.165) is 0 Å². The third-order valence-electron chi connectivity index (χ3n) is 1.61. The lowest BCUT2D eigenvalue weighted by molar-refractivity contribution is -0.125. The summed E-state index contributed by atoms with van der Waals surface area (Å²) < 4.78 is 0. The number of carbonyl (C=O) groups excluding carboxylic acids is 2. The van der Waals surface area contributed by atoms with E-state index in [-0.39, 0.29) is 17.9 Å². The molecule has 4 nitrogen and oxygen atoms in total. The monoisotopic (exact) mass is 155 g/mol. The molecule has 11 heavy (non-hydrogen) atoms. The summed E-state index contributed by atoms with van der Waals surface area (Å²) in [6.07, 6.45) is 1.06. The molecule has 1 saturated heterocycles. The Morgan fingerprint density at radius 2 is 2.55 bits per heavy atom. The maximum atomic E-state index is 11.0. The van der Waals surface area contributed by atoms with E-state index in [4.69, 9.17) is 0 Å². The van der Waals surface area contributed by atoms with Gasteiger partial charge in [-0.3, -0.25) is 9.59 Å². The molecule has 4 heteroatoms. The lowest BCUT2D eigenvalue weighted by atomic mass is 10.2. The zero-order valence-corrected chi connectivity index (χ0v) is 6.22. The summed E-state index contributed by atoms with van der Waals surface area (Å²) in [5.74, 6) is -0.180. The van der Waals surface area contributed by atoms with Gasteiger partial charge in [0.15, 0.2) is 0 Å². The molecular formula is C7H11N2O2. The summed E-state index contributed by atoms with van der Waals surface area (Å²) >= 11 is 0. The van der Waals surface area contributed by atoms with Crippen LogP contribution in [0.4, 0.5) is 0 Å². The molecule has 1 fully saturated rings. The summed E-state index contributed by atoms with van der Waals surface area (Å²) in [4.78, 5) is 21.7. The molecule has 0 aromatic carbocycles. The van der Waals surface area contributed by atoms with Crippen LogP contribution < -0.4 is 10.6 Å². The molecule has 2 N–H and O–H groups in total. The molecule has 0 aliphatic carbocycles. The van der Waals surface area contributed by atoms with Crippen LogP contribution in [0, 0.1) is 6.92 Å². The van der Waals surface area contributed by atoms with E-state index in [9.17, 15) is 9.59 Å². The van der Waals surface area contributed by atoms with Crippen molar-refractivity contribution in [1.82, 2.24) is 10.6 Å². The Morgan fingerprint density at radius 3 is 3.00 bits per heavy atom. The van der Waals surface area contributed by atoms with Gasteiger partial charge in [0.2, 0.25) is 11.8 Å². The summed E-state index contributed by atoms with van der Waals surface area (Å²) in [5, 5.41) is 5.10. The highest BCUT2D eigenvalue weighted by Gasteiger charge is 2.26. The van der Waals surface area contributed by atoms with Crippen molar-refractivity contribution in [2.24, 2.45) is 0 Å². The maximum Gasteiger partial charge on any atom is 0.242 e. The van der Waals surface area contributed by atoms with Crippen LogP contribution in [0.1, 0.15) is 12.8 Å². The molecule has 1 aliphatic rings. The topological polar surface area (TPSA) is 58.2 Å². The Bertz CT molecular complexity index is 179. The summed E-state index contributed by atoms with van der Waals surface area (Å²) in [6.45, 7) is 3.84. The second-order valence-electron chi connectivity index (χ2n) is 2.45. The molecule has 0 aromatic rings. The number of hydrogen-bond acceptors (Lipinski definition) is 2. The van der Waals surface area contributed by atoms with Crippen molar-refractivity contribution in [2.75, 3.05) is 6.54 Å². The van der Waals surface area contributed by atoms with Gasteiger partial charge in [0.05, 0.1) is 0 Å². The van der Waals surface area contributed by atoms with Crippen molar-refractivity contribution >= 4 is 11.8 Å². The molecule has 1 aliphatic heterocycles. The molecule has 0 bridgehead atoms. The number of rotatable bonds is 2. The second kappa shape index (κ2) is 3.37. The van der Waals surface area contributed by atoms with Gasteiger partial charge in [-0.2, -0.15) is 0 Å². The molecule has 1 heterocycles. The lowest BCUT2D eigenvalue weighted by Gasteiger charge is -2.08. The summed E-state index contributed by atoms with van der Waals surface area (Å²) in [7, 11) is 0. The van der Waals surface area contributed by atoms with E-state index in [1.54, 1.807) is 0 Å². The van der Waals surface area contributed by atoms with Gasteiger partial charge in [0.1, 0.15) is 6.04 Å². The van der Waals surface area contributed by atoms with Crippen LogP contribution in [0.25, 0.3) is 0 Å². The quantitative estimate of drug-likeness (QED) is 0.549. The normalized spacial score (nSPS) is 23.0. The fraction of sp³-hybridized carbons (Fsp3) is 0.571. The molecule has 1 rings (SSSR count). The molecule has 1 radical (unpaired) electrons. The first-order valence-electron chi connectivity index (χ1n) is 3.60. The van der Waals surface area contributed by atoms with Gasteiger partial charge < -0.3 is 10.6 Å². The predicted molar refractivity (Wildman–Crippen MR) is 39.5 cm³/mol. The average Bonchev–Trinajstić information content (AvgIpc) is 2.36. The number of nitrogens with one attached hydrogen (secondary N) is 2. The third-order valence-corrected chi connectivity index (χ3v) is 1.61. The fourth-order valence-corrected chi connectivity index (χ4v) is 1.06. The summed E-state index contributed by atoms with van der Waals surface area (Å²) in [5.41, 5.74) is 0. The molecule has 1 atom stereocenters. The largest absolute Gasteiger partial charge is 0.354 e. The van der Waals surface area contributed by atoms with Gasteiger partial charge >= 0.3 is 0 Å². The Hall–Kier alpha value is -1.06. The van der Waals surface area contributed by atoms with Crippen LogP contribution in [-0.2, 0) is 9.59 Å². The van der Waals surface area contributed by atoms with Crippen LogP contribution in [0.5, 0.6) is 0 Å². The third kappa shape index (κ3) is 1.93. The average molecular weight is 155 g/mol. The molecule has 0 spiro atoms. The molecule has 2 amide bonds. The van der Waals surface area contributed by atoms with E-state index in [2.05, 4.69) is 17.6 Å². The van der Waals surface area contributed by atoms with Crippen molar-refractivity contribution in [2.45, 2.75) is 18.9 Å². The Morgan fingerprint density at radius 1 is 1.82 bits per heavy atom. The highest BCUT2D eigenvalue weighted by molar-refractivity contribution is 5.90. The molecule has 0 aromatic heterocycles. The van der Waals surface area contributed by atoms with Crippen molar-refractivity contribution < 1.29 is 9.59 Å². The van der Waals surface area contributed by atoms with Crippen LogP contribution in [0.15, 0.2) is 0 Å². The van der Waals surface area contributed by atoms with E-state index in [1.807, 2.05) is 0 Å². The van der Waals surface area contributed by atoms with E-state index in [0.29, 0.717) is 19.4 Å². The van der Waals surface area contributed by atoms with Gasteiger partial charge in [0, 0.05) is 13.0 Å². The van der Waals surface area contributed by atoms with E-state index in [1.165, 1.54) is 0 Å². The molecule has 61 valence electrons. The minimum absolute atomic E-state index is 0.0470. The number of carbonyl (C=O) groups is 2. The number of amides is 2. The van der Waals surface area contributed by atoms with E-state index < -0.39 is 0 Å².